The summed E-state index contributed by atoms with van der Waals surface area (Å²) in [6, 6.07) is 0. The van der Waals surface area contributed by atoms with Crippen molar-refractivity contribution in [3.05, 3.63) is 21.9 Å². The number of aromatic amines is 2. The summed E-state index contributed by atoms with van der Waals surface area (Å²) in [5.41, 5.74) is 2.23. The lowest BCUT2D eigenvalue weighted by atomic mass is 10.1. The van der Waals surface area contributed by atoms with Gasteiger partial charge in [-0.1, -0.05) is 26.7 Å². The molecule has 0 spiro atoms. The molecule has 0 aliphatic rings. The molecule has 17 heavy (non-hydrogen) atoms. The fourth-order valence-electron chi connectivity index (χ4n) is 1.84. The monoisotopic (exact) mass is 236 g/mol. The molecule has 2 aromatic rings. The number of aryl methyl sites for hydroxylation is 2. The summed E-state index contributed by atoms with van der Waals surface area (Å²) in [6.07, 6.45) is 3.60. The Morgan fingerprint density at radius 2 is 1.94 bits per heavy atom. The van der Waals surface area contributed by atoms with Gasteiger partial charge in [0.15, 0.2) is 0 Å². The van der Waals surface area contributed by atoms with Crippen molar-refractivity contribution < 1.29 is 0 Å². The highest BCUT2D eigenvalue weighted by Crippen LogP contribution is 2.17. The van der Waals surface area contributed by atoms with Gasteiger partial charge in [0.1, 0.15) is 5.69 Å². The Labute approximate surface area is 98.2 Å². The van der Waals surface area contributed by atoms with Gasteiger partial charge < -0.3 is 0 Å². The lowest BCUT2D eigenvalue weighted by Gasteiger charge is -2.02. The van der Waals surface area contributed by atoms with Crippen molar-refractivity contribution >= 4 is 0 Å². The maximum atomic E-state index is 11.6. The largest absolute Gasteiger partial charge is 0.365 e. The Balaban J connectivity index is 2.51. The second-order valence-corrected chi connectivity index (χ2v) is 3.92. The molecule has 0 saturated carbocycles. The Morgan fingerprint density at radius 1 is 1.18 bits per heavy atom. The van der Waals surface area contributed by atoms with E-state index < -0.39 is 0 Å². The van der Waals surface area contributed by atoms with E-state index in [1.165, 1.54) is 4.68 Å². The number of rotatable bonds is 5. The van der Waals surface area contributed by atoms with E-state index in [0.717, 1.165) is 42.8 Å². The number of hydrogen-bond acceptors (Lipinski definition) is 4. The Kier molecular flexibility index (Phi) is 3.36. The van der Waals surface area contributed by atoms with Crippen LogP contribution >= 0.6 is 0 Å². The number of nitrogens with one attached hydrogen (secondary N) is 2. The molecule has 2 rings (SSSR count). The highest BCUT2D eigenvalue weighted by molar-refractivity contribution is 5.40. The maximum Gasteiger partial charge on any atom is 0.365 e. The van der Waals surface area contributed by atoms with Crippen molar-refractivity contribution in [2.75, 3.05) is 0 Å². The lowest BCUT2D eigenvalue weighted by Crippen LogP contribution is -2.18. The molecule has 0 saturated heterocycles. The molecule has 0 bridgehead atoms. The minimum Gasteiger partial charge on any atom is -0.280 e. The smallest absolute Gasteiger partial charge is 0.280 e. The van der Waals surface area contributed by atoms with Crippen LogP contribution in [0.2, 0.25) is 0 Å². The van der Waals surface area contributed by atoms with Crippen LogP contribution < -0.4 is 5.69 Å². The predicted octanol–water partition coefficient (Wildman–Crippen LogP) is 0.584. The Bertz CT molecular complexity index is 513. The molecule has 7 heteroatoms. The number of tetrazole rings is 1. The SMILES string of the molecule is CCCc1n[nH]c(CCC)c1-n1nn[nH]c1=O. The first kappa shape index (κ1) is 11.6. The molecule has 0 aliphatic carbocycles. The van der Waals surface area contributed by atoms with Gasteiger partial charge in [0.2, 0.25) is 0 Å². The van der Waals surface area contributed by atoms with Gasteiger partial charge in [0.05, 0.1) is 11.4 Å². The lowest BCUT2D eigenvalue weighted by molar-refractivity contribution is 0.751. The van der Waals surface area contributed by atoms with Gasteiger partial charge in [0, 0.05) is 0 Å². The summed E-state index contributed by atoms with van der Waals surface area (Å²) in [7, 11) is 0. The topological polar surface area (TPSA) is 92.2 Å². The van der Waals surface area contributed by atoms with E-state index in [1.807, 2.05) is 0 Å². The van der Waals surface area contributed by atoms with Crippen LogP contribution in [0.15, 0.2) is 4.79 Å². The van der Waals surface area contributed by atoms with Crippen LogP contribution in [0, 0.1) is 0 Å². The molecule has 0 radical (unpaired) electrons. The summed E-state index contributed by atoms with van der Waals surface area (Å²) < 4.78 is 1.28. The minimum absolute atomic E-state index is 0.332. The molecule has 92 valence electrons. The predicted molar refractivity (Wildman–Crippen MR) is 62.1 cm³/mol. The summed E-state index contributed by atoms with van der Waals surface area (Å²) in [6.45, 7) is 4.15. The fourth-order valence-corrected chi connectivity index (χ4v) is 1.84. The molecule has 0 fully saturated rings. The molecule has 2 heterocycles. The van der Waals surface area contributed by atoms with Crippen molar-refractivity contribution in [1.82, 2.24) is 30.4 Å². The van der Waals surface area contributed by atoms with Crippen molar-refractivity contribution in [3.63, 3.8) is 0 Å². The van der Waals surface area contributed by atoms with Crippen molar-refractivity contribution in [3.8, 4) is 5.69 Å². The summed E-state index contributed by atoms with van der Waals surface area (Å²) in [4.78, 5) is 11.6. The molecule has 0 aromatic carbocycles. The van der Waals surface area contributed by atoms with Crippen LogP contribution in [0.25, 0.3) is 5.69 Å². The number of aromatic nitrogens is 6. The Hall–Kier alpha value is -1.92. The van der Waals surface area contributed by atoms with Gasteiger partial charge in [-0.2, -0.15) is 9.78 Å². The first-order chi connectivity index (χ1) is 8.27. The van der Waals surface area contributed by atoms with Crippen LogP contribution in [0.5, 0.6) is 0 Å². The van der Waals surface area contributed by atoms with E-state index in [9.17, 15) is 4.79 Å². The molecular weight excluding hydrogens is 220 g/mol. The van der Waals surface area contributed by atoms with Crippen molar-refractivity contribution in [2.45, 2.75) is 39.5 Å². The van der Waals surface area contributed by atoms with Gasteiger partial charge in [-0.25, -0.2) is 9.89 Å². The van der Waals surface area contributed by atoms with Gasteiger partial charge >= 0.3 is 5.69 Å². The van der Waals surface area contributed by atoms with Gasteiger partial charge in [-0.05, 0) is 23.3 Å². The third kappa shape index (κ3) is 2.13. The van der Waals surface area contributed by atoms with Crippen LogP contribution in [0.1, 0.15) is 38.1 Å². The molecule has 0 unspecified atom stereocenters. The van der Waals surface area contributed by atoms with E-state index in [0.29, 0.717) is 0 Å². The van der Waals surface area contributed by atoms with Crippen LogP contribution in [0.4, 0.5) is 0 Å². The molecular formula is C10H16N6O. The standard InChI is InChI=1S/C10H16N6O/c1-3-5-7-9(8(6-4-2)12-11-7)16-10(17)13-14-15-16/h3-6H2,1-2H3,(H,11,12)(H,13,15,17). The van der Waals surface area contributed by atoms with E-state index in [2.05, 4.69) is 39.6 Å². The second kappa shape index (κ2) is 4.94. The van der Waals surface area contributed by atoms with Crippen LogP contribution in [0.3, 0.4) is 0 Å². The van der Waals surface area contributed by atoms with E-state index in [1.54, 1.807) is 0 Å². The zero-order chi connectivity index (χ0) is 12.3. The van der Waals surface area contributed by atoms with Crippen LogP contribution in [-0.4, -0.2) is 30.4 Å². The Morgan fingerprint density at radius 3 is 2.53 bits per heavy atom. The molecule has 0 atom stereocenters. The van der Waals surface area contributed by atoms with E-state index in [-0.39, 0.29) is 5.69 Å². The molecule has 2 N–H and O–H groups in total. The van der Waals surface area contributed by atoms with Gasteiger partial charge in [-0.15, -0.1) is 0 Å². The first-order valence-corrected chi connectivity index (χ1v) is 5.84. The third-order valence-electron chi connectivity index (χ3n) is 2.56. The molecule has 0 aliphatic heterocycles. The molecule has 0 amide bonds. The van der Waals surface area contributed by atoms with Crippen molar-refractivity contribution in [2.24, 2.45) is 0 Å². The fraction of sp³-hybridized carbons (Fsp3) is 0.600. The zero-order valence-corrected chi connectivity index (χ0v) is 10.0. The highest BCUT2D eigenvalue weighted by Gasteiger charge is 2.17. The van der Waals surface area contributed by atoms with Crippen LogP contribution in [-0.2, 0) is 12.8 Å². The zero-order valence-electron chi connectivity index (χ0n) is 10.0. The second-order valence-electron chi connectivity index (χ2n) is 3.92. The summed E-state index contributed by atoms with van der Waals surface area (Å²) >= 11 is 0. The van der Waals surface area contributed by atoms with Crippen molar-refractivity contribution in [1.29, 1.82) is 0 Å². The normalized spacial score (nSPS) is 10.9. The average molecular weight is 236 g/mol. The third-order valence-corrected chi connectivity index (χ3v) is 2.56. The quantitative estimate of drug-likeness (QED) is 0.794. The maximum absolute atomic E-state index is 11.6. The minimum atomic E-state index is -0.332. The van der Waals surface area contributed by atoms with E-state index >= 15 is 0 Å². The first-order valence-electron chi connectivity index (χ1n) is 5.84. The number of hydrogen-bond donors (Lipinski definition) is 2. The van der Waals surface area contributed by atoms with E-state index in [4.69, 9.17) is 0 Å². The number of H-pyrrole nitrogens is 2. The highest BCUT2D eigenvalue weighted by atomic mass is 16.2. The molecule has 7 nitrogen and oxygen atoms in total. The number of nitrogens with zero attached hydrogens (tertiary/aromatic N) is 4. The summed E-state index contributed by atoms with van der Waals surface area (Å²) in [5.74, 6) is 0. The van der Waals surface area contributed by atoms with Gasteiger partial charge in [-0.3, -0.25) is 5.10 Å². The van der Waals surface area contributed by atoms with Gasteiger partial charge in [0.25, 0.3) is 0 Å². The molecule has 2 aromatic heterocycles. The summed E-state index contributed by atoms with van der Waals surface area (Å²) in [5, 5.41) is 16.8. The average Bonchev–Trinajstić information content (AvgIpc) is 2.87.